The first kappa shape index (κ1) is 16.9. The number of likely N-dealkylation sites (tertiary alicyclic amines) is 1. The van der Waals surface area contributed by atoms with E-state index in [-0.39, 0.29) is 36.7 Å². The van der Waals surface area contributed by atoms with Gasteiger partial charge in [0.2, 0.25) is 11.8 Å². The van der Waals surface area contributed by atoms with Crippen LogP contribution in [0, 0.1) is 0 Å². The Balaban J connectivity index is 1.43. The number of benzene rings is 1. The quantitative estimate of drug-likeness (QED) is 0.851. The molecule has 1 saturated heterocycles. The number of hydrogen-bond donors (Lipinski definition) is 2. The van der Waals surface area contributed by atoms with Gasteiger partial charge in [-0.3, -0.25) is 14.4 Å². The molecule has 4 rings (SSSR count). The third-order valence-corrected chi connectivity index (χ3v) is 5.46. The van der Waals surface area contributed by atoms with Gasteiger partial charge in [0, 0.05) is 31.8 Å². The average Bonchev–Trinajstić information content (AvgIpc) is 2.73. The van der Waals surface area contributed by atoms with Crippen LogP contribution in [0.2, 0.25) is 0 Å². The van der Waals surface area contributed by atoms with E-state index < -0.39 is 5.72 Å². The molecule has 1 atom stereocenters. The number of nitrogens with zero attached hydrogens (tertiary/aromatic N) is 1. The summed E-state index contributed by atoms with van der Waals surface area (Å²) >= 11 is 0. The number of para-hydroxylation sites is 1. The predicted octanol–water partition coefficient (Wildman–Crippen LogP) is 1.19. The van der Waals surface area contributed by atoms with Gasteiger partial charge in [-0.05, 0) is 31.4 Å². The molecular formula is C19H23N3O4. The van der Waals surface area contributed by atoms with Crippen molar-refractivity contribution in [2.75, 3.05) is 13.1 Å². The third-order valence-electron chi connectivity index (χ3n) is 5.46. The molecule has 2 N–H and O–H groups in total. The van der Waals surface area contributed by atoms with E-state index in [1.807, 2.05) is 6.07 Å². The lowest BCUT2D eigenvalue weighted by Gasteiger charge is -2.38. The molecule has 0 aromatic heterocycles. The van der Waals surface area contributed by atoms with E-state index >= 15 is 0 Å². The summed E-state index contributed by atoms with van der Waals surface area (Å²) in [5.74, 6) is 0.163. The summed E-state index contributed by atoms with van der Waals surface area (Å²) < 4.78 is 6.09. The molecule has 1 spiro atoms. The van der Waals surface area contributed by atoms with Crippen LogP contribution >= 0.6 is 0 Å². The number of nitrogens with one attached hydrogen (secondary N) is 2. The van der Waals surface area contributed by atoms with Crippen molar-refractivity contribution in [1.29, 1.82) is 0 Å². The fraction of sp³-hybridized carbons (Fsp3) is 0.526. The van der Waals surface area contributed by atoms with Crippen molar-refractivity contribution < 1.29 is 19.1 Å². The van der Waals surface area contributed by atoms with Crippen molar-refractivity contribution in [3.8, 4) is 5.75 Å². The van der Waals surface area contributed by atoms with Crippen molar-refractivity contribution in [3.05, 3.63) is 29.8 Å². The van der Waals surface area contributed by atoms with Crippen molar-refractivity contribution >= 4 is 17.7 Å². The summed E-state index contributed by atoms with van der Waals surface area (Å²) in [6, 6.07) is 7.36. The number of hydrogen-bond acceptors (Lipinski definition) is 4. The molecular weight excluding hydrogens is 334 g/mol. The lowest BCUT2D eigenvalue weighted by atomic mass is 9.93. The van der Waals surface area contributed by atoms with Crippen LogP contribution in [0.25, 0.3) is 0 Å². The molecule has 0 bridgehead atoms. The minimum atomic E-state index is -0.889. The Morgan fingerprint density at radius 3 is 2.85 bits per heavy atom. The number of rotatable bonds is 3. The Kier molecular flexibility index (Phi) is 4.30. The molecule has 0 radical (unpaired) electrons. The third kappa shape index (κ3) is 3.25. The lowest BCUT2D eigenvalue weighted by Crippen LogP contribution is -2.56. The highest BCUT2D eigenvalue weighted by molar-refractivity contribution is 5.98. The van der Waals surface area contributed by atoms with E-state index in [1.54, 1.807) is 23.1 Å². The van der Waals surface area contributed by atoms with Crippen LogP contribution in [-0.4, -0.2) is 47.5 Å². The first-order valence-corrected chi connectivity index (χ1v) is 9.22. The maximum Gasteiger partial charge on any atom is 0.258 e. The second-order valence-electron chi connectivity index (χ2n) is 7.31. The fourth-order valence-corrected chi connectivity index (χ4v) is 3.68. The van der Waals surface area contributed by atoms with Gasteiger partial charge in [0.1, 0.15) is 5.75 Å². The van der Waals surface area contributed by atoms with E-state index in [4.69, 9.17) is 4.74 Å². The summed E-state index contributed by atoms with van der Waals surface area (Å²) in [7, 11) is 0. The van der Waals surface area contributed by atoms with E-state index in [1.165, 1.54) is 0 Å². The molecule has 3 amide bonds. The lowest BCUT2D eigenvalue weighted by molar-refractivity contribution is -0.136. The number of fused-ring (bicyclic) bond motifs is 1. The zero-order valence-electron chi connectivity index (χ0n) is 14.6. The maximum atomic E-state index is 12.4. The monoisotopic (exact) mass is 357 g/mol. The maximum absolute atomic E-state index is 12.4. The minimum absolute atomic E-state index is 0.0654. The first-order valence-electron chi connectivity index (χ1n) is 9.22. The Labute approximate surface area is 152 Å². The van der Waals surface area contributed by atoms with Crippen LogP contribution in [0.3, 0.4) is 0 Å². The van der Waals surface area contributed by atoms with Crippen LogP contribution in [0.5, 0.6) is 5.75 Å². The first-order chi connectivity index (χ1) is 12.5. The highest BCUT2D eigenvalue weighted by atomic mass is 16.5. The molecule has 1 aromatic rings. The Bertz CT molecular complexity index is 746. The molecule has 7 heteroatoms. The zero-order chi connectivity index (χ0) is 18.1. The highest BCUT2D eigenvalue weighted by Gasteiger charge is 2.42. The summed E-state index contributed by atoms with van der Waals surface area (Å²) in [4.78, 5) is 38.6. The van der Waals surface area contributed by atoms with Gasteiger partial charge in [-0.2, -0.15) is 0 Å². The van der Waals surface area contributed by atoms with Crippen molar-refractivity contribution in [3.63, 3.8) is 0 Å². The molecule has 2 heterocycles. The molecule has 0 unspecified atom stereocenters. The van der Waals surface area contributed by atoms with Crippen molar-refractivity contribution in [2.45, 2.75) is 50.3 Å². The molecule has 138 valence electrons. The van der Waals surface area contributed by atoms with E-state index in [0.29, 0.717) is 30.7 Å². The fourth-order valence-electron chi connectivity index (χ4n) is 3.68. The molecule has 1 aliphatic carbocycles. The van der Waals surface area contributed by atoms with Gasteiger partial charge in [0.05, 0.1) is 12.1 Å². The Morgan fingerprint density at radius 1 is 1.27 bits per heavy atom. The molecule has 26 heavy (non-hydrogen) atoms. The van der Waals surface area contributed by atoms with E-state index in [0.717, 1.165) is 19.3 Å². The molecule has 2 aliphatic heterocycles. The Hall–Kier alpha value is -2.57. The van der Waals surface area contributed by atoms with E-state index in [2.05, 4.69) is 10.6 Å². The summed E-state index contributed by atoms with van der Waals surface area (Å²) in [5, 5.41) is 5.89. The number of carbonyl (C=O) groups is 3. The van der Waals surface area contributed by atoms with Gasteiger partial charge in [0.15, 0.2) is 5.72 Å². The summed E-state index contributed by atoms with van der Waals surface area (Å²) in [6.45, 7) is 0.440. The number of carbonyl (C=O) groups excluding carboxylic acids is 3. The van der Waals surface area contributed by atoms with Gasteiger partial charge in [-0.15, -0.1) is 0 Å². The normalized spacial score (nSPS) is 25.6. The van der Waals surface area contributed by atoms with Gasteiger partial charge in [-0.1, -0.05) is 12.1 Å². The van der Waals surface area contributed by atoms with Crippen LogP contribution in [0.1, 0.15) is 48.9 Å². The molecule has 1 aromatic carbocycles. The van der Waals surface area contributed by atoms with Gasteiger partial charge in [0.25, 0.3) is 5.91 Å². The van der Waals surface area contributed by atoms with Crippen LogP contribution < -0.4 is 15.4 Å². The average molecular weight is 357 g/mol. The summed E-state index contributed by atoms with van der Waals surface area (Å²) in [5.41, 5.74) is -0.384. The predicted molar refractivity (Wildman–Crippen MR) is 93.5 cm³/mol. The second kappa shape index (κ2) is 6.63. The standard InChI is InChI=1S/C19H23N3O4/c23-16(20-13-4-3-5-13)12-22-11-10-19(9-8-17(22)24)21-18(25)14-6-1-2-7-15(14)26-19/h1-2,6-7,13H,3-5,8-12H2,(H,20,23)(H,21,25)/t19-/m1/s1. The van der Waals surface area contributed by atoms with Crippen LogP contribution in [0.4, 0.5) is 0 Å². The minimum Gasteiger partial charge on any atom is -0.467 e. The smallest absolute Gasteiger partial charge is 0.258 e. The molecule has 7 nitrogen and oxygen atoms in total. The number of ether oxygens (including phenoxy) is 1. The second-order valence-corrected chi connectivity index (χ2v) is 7.31. The highest BCUT2D eigenvalue weighted by Crippen LogP contribution is 2.33. The number of amides is 3. The zero-order valence-corrected chi connectivity index (χ0v) is 14.6. The largest absolute Gasteiger partial charge is 0.467 e. The van der Waals surface area contributed by atoms with Crippen molar-refractivity contribution in [1.82, 2.24) is 15.5 Å². The van der Waals surface area contributed by atoms with Crippen molar-refractivity contribution in [2.24, 2.45) is 0 Å². The van der Waals surface area contributed by atoms with Gasteiger partial charge < -0.3 is 20.3 Å². The van der Waals surface area contributed by atoms with Crippen LogP contribution in [-0.2, 0) is 9.59 Å². The summed E-state index contributed by atoms with van der Waals surface area (Å²) in [6.07, 6.45) is 4.26. The molecule has 2 fully saturated rings. The SMILES string of the molecule is O=C(CN1CC[C@]2(CCC1=O)NC(=O)c1ccccc1O2)NC1CCC1. The van der Waals surface area contributed by atoms with E-state index in [9.17, 15) is 14.4 Å². The molecule has 1 saturated carbocycles. The molecule has 3 aliphatic rings. The van der Waals surface area contributed by atoms with Gasteiger partial charge >= 0.3 is 0 Å². The topological polar surface area (TPSA) is 87.7 Å². The van der Waals surface area contributed by atoms with Crippen LogP contribution in [0.15, 0.2) is 24.3 Å². The Morgan fingerprint density at radius 2 is 2.08 bits per heavy atom. The van der Waals surface area contributed by atoms with Gasteiger partial charge in [-0.25, -0.2) is 0 Å².